The van der Waals surface area contributed by atoms with Gasteiger partial charge in [0.1, 0.15) is 0 Å². The van der Waals surface area contributed by atoms with E-state index in [0.29, 0.717) is 18.6 Å². The number of nitrogens with zero attached hydrogens (tertiary/aromatic N) is 3. The van der Waals surface area contributed by atoms with Gasteiger partial charge < -0.3 is 15.0 Å². The van der Waals surface area contributed by atoms with Crippen molar-refractivity contribution >= 4 is 6.03 Å². The first-order chi connectivity index (χ1) is 11.0. The molecule has 6 heteroatoms. The van der Waals surface area contributed by atoms with Gasteiger partial charge in [-0.15, -0.1) is 0 Å². The average molecular weight is 320 g/mol. The van der Waals surface area contributed by atoms with Crippen molar-refractivity contribution < 1.29 is 9.53 Å². The molecule has 0 aromatic carbocycles. The van der Waals surface area contributed by atoms with E-state index in [9.17, 15) is 4.79 Å². The predicted molar refractivity (Wildman–Crippen MR) is 90.3 cm³/mol. The molecule has 1 aliphatic heterocycles. The third-order valence-electron chi connectivity index (χ3n) is 4.60. The van der Waals surface area contributed by atoms with Crippen LogP contribution in [0.15, 0.2) is 24.5 Å². The Hall–Kier alpha value is -1.66. The fourth-order valence-corrected chi connectivity index (χ4v) is 2.89. The van der Waals surface area contributed by atoms with Crippen molar-refractivity contribution in [2.24, 2.45) is 0 Å². The van der Waals surface area contributed by atoms with Gasteiger partial charge in [0.25, 0.3) is 0 Å². The Morgan fingerprint density at radius 1 is 1.57 bits per heavy atom. The summed E-state index contributed by atoms with van der Waals surface area (Å²) in [6, 6.07) is 4.48. The molecule has 6 nitrogen and oxygen atoms in total. The quantitative estimate of drug-likeness (QED) is 0.900. The standard InChI is InChI=1S/C17H28N4O2/c1-13(21-8-9-23-12-14(21)2)10-19-17(22)20(4)15(3)16-6-5-7-18-11-16/h5-7,11,13-15H,8-10,12H2,1-4H3,(H,19,22)/t13-,14+,15-/m1/s1. The van der Waals surface area contributed by atoms with Crippen molar-refractivity contribution in [1.82, 2.24) is 20.1 Å². The maximum atomic E-state index is 12.4. The van der Waals surface area contributed by atoms with Crippen LogP contribution in [0.4, 0.5) is 4.79 Å². The zero-order valence-corrected chi connectivity index (χ0v) is 14.5. The van der Waals surface area contributed by atoms with Gasteiger partial charge in [-0.05, 0) is 32.4 Å². The second-order valence-corrected chi connectivity index (χ2v) is 6.27. The molecule has 0 radical (unpaired) electrons. The molecular weight excluding hydrogens is 292 g/mol. The van der Waals surface area contributed by atoms with Crippen LogP contribution in [-0.4, -0.2) is 66.2 Å². The zero-order chi connectivity index (χ0) is 16.8. The number of ether oxygens (including phenoxy) is 1. The van der Waals surface area contributed by atoms with E-state index in [1.807, 2.05) is 26.1 Å². The molecule has 2 rings (SSSR count). The van der Waals surface area contributed by atoms with Crippen molar-refractivity contribution in [3.63, 3.8) is 0 Å². The predicted octanol–water partition coefficient (Wildman–Crippen LogP) is 1.89. The van der Waals surface area contributed by atoms with Gasteiger partial charge in [0, 0.05) is 44.6 Å². The van der Waals surface area contributed by atoms with Crippen molar-refractivity contribution in [2.45, 2.75) is 38.9 Å². The SMILES string of the molecule is C[C@H](c1cccnc1)N(C)C(=O)NC[C@@H](C)N1CCOC[C@@H]1C. The summed E-state index contributed by atoms with van der Waals surface area (Å²) < 4.78 is 5.46. The number of hydrogen-bond acceptors (Lipinski definition) is 4. The zero-order valence-electron chi connectivity index (χ0n) is 14.5. The number of urea groups is 1. The summed E-state index contributed by atoms with van der Waals surface area (Å²) in [6.45, 7) is 9.38. The van der Waals surface area contributed by atoms with E-state index in [2.05, 4.69) is 29.0 Å². The van der Waals surface area contributed by atoms with E-state index in [1.165, 1.54) is 0 Å². The van der Waals surface area contributed by atoms with Crippen LogP contribution in [0.1, 0.15) is 32.4 Å². The highest BCUT2D eigenvalue weighted by Crippen LogP contribution is 2.17. The lowest BCUT2D eigenvalue weighted by molar-refractivity contribution is -0.0178. The second kappa shape index (κ2) is 8.26. The summed E-state index contributed by atoms with van der Waals surface area (Å²) in [7, 11) is 1.81. The average Bonchev–Trinajstić information content (AvgIpc) is 2.59. The molecule has 23 heavy (non-hydrogen) atoms. The maximum absolute atomic E-state index is 12.4. The van der Waals surface area contributed by atoms with Crippen LogP contribution in [0.25, 0.3) is 0 Å². The van der Waals surface area contributed by atoms with Crippen molar-refractivity contribution in [2.75, 3.05) is 33.4 Å². The van der Waals surface area contributed by atoms with Crippen molar-refractivity contribution in [1.29, 1.82) is 0 Å². The number of morpholine rings is 1. The van der Waals surface area contributed by atoms with Gasteiger partial charge in [-0.1, -0.05) is 6.07 Å². The maximum Gasteiger partial charge on any atom is 0.317 e. The lowest BCUT2D eigenvalue weighted by Gasteiger charge is -2.38. The van der Waals surface area contributed by atoms with E-state index >= 15 is 0 Å². The fourth-order valence-electron chi connectivity index (χ4n) is 2.89. The van der Waals surface area contributed by atoms with Crippen LogP contribution in [-0.2, 0) is 4.74 Å². The molecule has 2 heterocycles. The van der Waals surface area contributed by atoms with Gasteiger partial charge >= 0.3 is 6.03 Å². The van der Waals surface area contributed by atoms with E-state index in [1.54, 1.807) is 17.3 Å². The number of aromatic nitrogens is 1. The molecule has 0 spiro atoms. The Balaban J connectivity index is 1.84. The summed E-state index contributed by atoms with van der Waals surface area (Å²) in [5.41, 5.74) is 1.03. The highest BCUT2D eigenvalue weighted by atomic mass is 16.5. The number of carbonyl (C=O) groups excluding carboxylic acids is 1. The Morgan fingerprint density at radius 3 is 3.00 bits per heavy atom. The van der Waals surface area contributed by atoms with Gasteiger partial charge in [0.05, 0.1) is 19.3 Å². The first-order valence-corrected chi connectivity index (χ1v) is 8.24. The lowest BCUT2D eigenvalue weighted by Crippen LogP contribution is -2.53. The van der Waals surface area contributed by atoms with E-state index in [-0.39, 0.29) is 12.1 Å². The summed E-state index contributed by atoms with van der Waals surface area (Å²) in [4.78, 5) is 20.6. The summed E-state index contributed by atoms with van der Waals surface area (Å²) in [5.74, 6) is 0. The Labute approximate surface area is 138 Å². The molecule has 1 aliphatic rings. The summed E-state index contributed by atoms with van der Waals surface area (Å²) >= 11 is 0. The first kappa shape index (κ1) is 17.7. The molecule has 0 aliphatic carbocycles. The number of rotatable bonds is 5. The van der Waals surface area contributed by atoms with Crippen molar-refractivity contribution in [3.8, 4) is 0 Å². The number of carbonyl (C=O) groups is 1. The molecule has 0 saturated carbocycles. The highest BCUT2D eigenvalue weighted by Gasteiger charge is 2.24. The smallest absolute Gasteiger partial charge is 0.317 e. The third-order valence-corrected chi connectivity index (χ3v) is 4.60. The third kappa shape index (κ3) is 4.65. The van der Waals surface area contributed by atoms with Gasteiger partial charge in [-0.2, -0.15) is 0 Å². The topological polar surface area (TPSA) is 57.7 Å². The van der Waals surface area contributed by atoms with Gasteiger partial charge in [0.2, 0.25) is 0 Å². The molecular formula is C17H28N4O2. The Bertz CT molecular complexity index is 497. The molecule has 1 N–H and O–H groups in total. The van der Waals surface area contributed by atoms with E-state index in [0.717, 1.165) is 25.3 Å². The number of nitrogens with one attached hydrogen (secondary N) is 1. The lowest BCUT2D eigenvalue weighted by atomic mass is 10.1. The summed E-state index contributed by atoms with van der Waals surface area (Å²) in [5, 5.41) is 3.03. The highest BCUT2D eigenvalue weighted by molar-refractivity contribution is 5.74. The largest absolute Gasteiger partial charge is 0.379 e. The van der Waals surface area contributed by atoms with Crippen LogP contribution in [0.2, 0.25) is 0 Å². The molecule has 3 atom stereocenters. The molecule has 0 unspecified atom stereocenters. The second-order valence-electron chi connectivity index (χ2n) is 6.27. The van der Waals surface area contributed by atoms with Crippen molar-refractivity contribution in [3.05, 3.63) is 30.1 Å². The van der Waals surface area contributed by atoms with Crippen LogP contribution in [0, 0.1) is 0 Å². The van der Waals surface area contributed by atoms with Crippen LogP contribution in [0.5, 0.6) is 0 Å². The normalized spacial score (nSPS) is 21.5. The molecule has 1 saturated heterocycles. The monoisotopic (exact) mass is 320 g/mol. The minimum Gasteiger partial charge on any atom is -0.379 e. The molecule has 0 bridgehead atoms. The number of amides is 2. The van der Waals surface area contributed by atoms with E-state index < -0.39 is 0 Å². The van der Waals surface area contributed by atoms with Gasteiger partial charge in [-0.3, -0.25) is 9.88 Å². The van der Waals surface area contributed by atoms with Gasteiger partial charge in [-0.25, -0.2) is 4.79 Å². The molecule has 128 valence electrons. The minimum absolute atomic E-state index is 0.0127. The fraction of sp³-hybridized carbons (Fsp3) is 0.647. The number of hydrogen-bond donors (Lipinski definition) is 1. The summed E-state index contributed by atoms with van der Waals surface area (Å²) in [6.07, 6.45) is 3.54. The molecule has 1 fully saturated rings. The van der Waals surface area contributed by atoms with Gasteiger partial charge in [0.15, 0.2) is 0 Å². The van der Waals surface area contributed by atoms with Crippen LogP contribution >= 0.6 is 0 Å². The molecule has 1 aromatic heterocycles. The van der Waals surface area contributed by atoms with Crippen LogP contribution in [0.3, 0.4) is 0 Å². The Kier molecular flexibility index (Phi) is 6.36. The molecule has 2 amide bonds. The Morgan fingerprint density at radius 2 is 2.35 bits per heavy atom. The van der Waals surface area contributed by atoms with E-state index in [4.69, 9.17) is 4.74 Å². The van der Waals surface area contributed by atoms with Crippen LogP contribution < -0.4 is 5.32 Å². The number of pyridine rings is 1. The first-order valence-electron chi connectivity index (χ1n) is 8.24. The molecule has 1 aromatic rings. The minimum atomic E-state index is -0.0610.